The second kappa shape index (κ2) is 7.79. The van der Waals surface area contributed by atoms with Crippen LogP contribution in [0.3, 0.4) is 0 Å². The zero-order chi connectivity index (χ0) is 15.3. The molecule has 6 atom stereocenters. The van der Waals surface area contributed by atoms with E-state index in [-0.39, 0.29) is 13.2 Å². The summed E-state index contributed by atoms with van der Waals surface area (Å²) in [5, 5.41) is 29.0. The first-order valence-corrected chi connectivity index (χ1v) is 8.04. The van der Waals surface area contributed by atoms with Crippen molar-refractivity contribution < 1.29 is 43.5 Å². The Morgan fingerprint density at radius 1 is 1.25 bits per heavy atom. The van der Waals surface area contributed by atoms with Crippen LogP contribution in [-0.2, 0) is 23.3 Å². The summed E-state index contributed by atoms with van der Waals surface area (Å²) in [5.41, 5.74) is 0. The highest BCUT2D eigenvalue weighted by Gasteiger charge is 2.47. The maximum absolute atomic E-state index is 11.3. The van der Waals surface area contributed by atoms with Crippen LogP contribution in [0, 0.1) is 0 Å². The number of aliphatic hydroxyl groups is 3. The summed E-state index contributed by atoms with van der Waals surface area (Å²) in [4.78, 5) is 9.21. The Balaban J connectivity index is 2.76. The van der Waals surface area contributed by atoms with Crippen molar-refractivity contribution in [3.63, 3.8) is 0 Å². The molecule has 1 saturated heterocycles. The van der Waals surface area contributed by atoms with E-state index in [1.807, 2.05) is 0 Å². The molecule has 120 valence electrons. The number of ether oxygens (including phenoxy) is 3. The van der Waals surface area contributed by atoms with Gasteiger partial charge in [-0.1, -0.05) is 0 Å². The summed E-state index contributed by atoms with van der Waals surface area (Å²) in [7, 11) is -2.48. The molecule has 1 aliphatic heterocycles. The molecule has 0 aromatic heterocycles. The zero-order valence-electron chi connectivity index (χ0n) is 11.3. The maximum Gasteiger partial charge on any atom is 0.325 e. The van der Waals surface area contributed by atoms with E-state index in [0.717, 1.165) is 6.66 Å². The highest BCUT2D eigenvalue weighted by Crippen LogP contribution is 2.41. The molecule has 6 unspecified atom stereocenters. The second-order valence-corrected chi connectivity index (χ2v) is 6.26. The molecule has 0 saturated carbocycles. The van der Waals surface area contributed by atoms with Crippen LogP contribution in [0.15, 0.2) is 0 Å². The lowest BCUT2D eigenvalue weighted by atomic mass is 9.99. The number of methoxy groups -OCH3 is 1. The van der Waals surface area contributed by atoms with Gasteiger partial charge in [-0.05, 0) is 0 Å². The molecule has 1 fully saturated rings. The normalized spacial score (nSPS) is 37.6. The predicted molar refractivity (Wildman–Crippen MR) is 66.2 cm³/mol. The Bertz CT molecular complexity index is 333. The summed E-state index contributed by atoms with van der Waals surface area (Å²) in [6.45, 7) is 0.715. The van der Waals surface area contributed by atoms with E-state index in [0.29, 0.717) is 0 Å². The van der Waals surface area contributed by atoms with E-state index in [9.17, 15) is 19.7 Å². The largest absolute Gasteiger partial charge is 0.394 e. The molecule has 10 heteroatoms. The van der Waals surface area contributed by atoms with Crippen molar-refractivity contribution in [2.24, 2.45) is 0 Å². The third kappa shape index (κ3) is 5.03. The molecule has 1 rings (SSSR count). The molecule has 0 amide bonds. The molecule has 9 nitrogen and oxygen atoms in total. The first-order valence-electron chi connectivity index (χ1n) is 6.01. The van der Waals surface area contributed by atoms with E-state index >= 15 is 0 Å². The van der Waals surface area contributed by atoms with Crippen molar-refractivity contribution in [1.29, 1.82) is 0 Å². The summed E-state index contributed by atoms with van der Waals surface area (Å²) < 4.78 is 31.2. The molecule has 4 N–H and O–H groups in total. The minimum atomic E-state index is -3.94. The number of rotatable bonds is 7. The van der Waals surface area contributed by atoms with Crippen molar-refractivity contribution in [2.75, 3.05) is 33.6 Å². The van der Waals surface area contributed by atoms with Crippen LogP contribution in [-0.4, -0.2) is 84.5 Å². The molecule has 1 heterocycles. The van der Waals surface area contributed by atoms with Crippen molar-refractivity contribution in [1.82, 2.24) is 0 Å². The smallest absolute Gasteiger partial charge is 0.325 e. The van der Waals surface area contributed by atoms with Crippen molar-refractivity contribution >= 4 is 7.60 Å². The molecule has 0 radical (unpaired) electrons. The summed E-state index contributed by atoms with van der Waals surface area (Å²) in [5.74, 6) is 0. The average molecular weight is 316 g/mol. The van der Waals surface area contributed by atoms with Gasteiger partial charge < -0.3 is 34.4 Å². The van der Waals surface area contributed by atoms with Crippen LogP contribution < -0.4 is 0 Å². The van der Waals surface area contributed by atoms with Gasteiger partial charge in [0.25, 0.3) is 0 Å². The zero-order valence-corrected chi connectivity index (χ0v) is 12.2. The molecule has 0 aliphatic carbocycles. The van der Waals surface area contributed by atoms with E-state index < -0.39 is 44.9 Å². The summed E-state index contributed by atoms with van der Waals surface area (Å²) in [6.07, 6.45) is -6.65. The van der Waals surface area contributed by atoms with Crippen LogP contribution in [0.25, 0.3) is 0 Å². The van der Waals surface area contributed by atoms with E-state index in [2.05, 4.69) is 0 Å². The van der Waals surface area contributed by atoms with Gasteiger partial charge in [-0.3, -0.25) is 9.09 Å². The molecular formula is C10H21O9P. The molecule has 0 bridgehead atoms. The minimum Gasteiger partial charge on any atom is -0.394 e. The highest BCUT2D eigenvalue weighted by molar-refractivity contribution is 7.51. The molecule has 0 aromatic carbocycles. The van der Waals surface area contributed by atoms with Gasteiger partial charge in [-0.15, -0.1) is 0 Å². The van der Waals surface area contributed by atoms with Gasteiger partial charge in [0.1, 0.15) is 24.4 Å². The van der Waals surface area contributed by atoms with Gasteiger partial charge in [0.05, 0.1) is 19.8 Å². The minimum absolute atomic E-state index is 0.0993. The Morgan fingerprint density at radius 3 is 2.40 bits per heavy atom. The monoisotopic (exact) mass is 316 g/mol. The molecule has 1 aliphatic rings. The Morgan fingerprint density at radius 2 is 1.90 bits per heavy atom. The number of hydrogen-bond donors (Lipinski definition) is 4. The van der Waals surface area contributed by atoms with Crippen molar-refractivity contribution in [3.8, 4) is 0 Å². The fourth-order valence-corrected chi connectivity index (χ4v) is 2.49. The van der Waals surface area contributed by atoms with Gasteiger partial charge in [0, 0.05) is 13.8 Å². The van der Waals surface area contributed by atoms with Crippen molar-refractivity contribution in [3.05, 3.63) is 0 Å². The van der Waals surface area contributed by atoms with E-state index in [1.165, 1.54) is 7.11 Å². The third-order valence-corrected chi connectivity index (χ3v) is 3.34. The third-order valence-electron chi connectivity index (χ3n) is 2.71. The number of hydrogen-bond acceptors (Lipinski definition) is 8. The Kier molecular flexibility index (Phi) is 6.99. The average Bonchev–Trinajstić information content (AvgIpc) is 2.36. The molecule has 0 aromatic rings. The SMILES string of the molecule is COCCOC1OC(CO)C(O)C(OP(C)(=O)O)C1O. The van der Waals surface area contributed by atoms with Gasteiger partial charge in [0.2, 0.25) is 0 Å². The first kappa shape index (κ1) is 18.0. The summed E-state index contributed by atoms with van der Waals surface area (Å²) >= 11 is 0. The van der Waals surface area contributed by atoms with Crippen LogP contribution >= 0.6 is 7.60 Å². The molecule has 20 heavy (non-hydrogen) atoms. The van der Waals surface area contributed by atoms with E-state index in [4.69, 9.17) is 23.8 Å². The predicted octanol–water partition coefficient (Wildman–Crippen LogP) is -1.71. The van der Waals surface area contributed by atoms with Gasteiger partial charge in [-0.25, -0.2) is 0 Å². The van der Waals surface area contributed by atoms with Crippen LogP contribution in [0.5, 0.6) is 0 Å². The van der Waals surface area contributed by atoms with E-state index in [1.54, 1.807) is 0 Å². The Hall–Kier alpha value is -0.0900. The van der Waals surface area contributed by atoms with Crippen LogP contribution in [0.1, 0.15) is 0 Å². The fourth-order valence-electron chi connectivity index (χ4n) is 1.79. The van der Waals surface area contributed by atoms with Gasteiger partial charge in [0.15, 0.2) is 6.29 Å². The van der Waals surface area contributed by atoms with Crippen LogP contribution in [0.4, 0.5) is 0 Å². The van der Waals surface area contributed by atoms with Crippen molar-refractivity contribution in [2.45, 2.75) is 30.7 Å². The summed E-state index contributed by atoms with van der Waals surface area (Å²) in [6, 6.07) is 0. The lowest BCUT2D eigenvalue weighted by molar-refractivity contribution is -0.298. The second-order valence-electron chi connectivity index (χ2n) is 4.44. The maximum atomic E-state index is 11.3. The lowest BCUT2D eigenvalue weighted by Gasteiger charge is -2.41. The lowest BCUT2D eigenvalue weighted by Crippen LogP contribution is -2.59. The quantitative estimate of drug-likeness (QED) is 0.320. The van der Waals surface area contributed by atoms with Gasteiger partial charge in [-0.2, -0.15) is 0 Å². The Labute approximate surface area is 116 Å². The van der Waals surface area contributed by atoms with Crippen LogP contribution in [0.2, 0.25) is 0 Å². The standard InChI is InChI=1S/C10H21O9P/c1-16-3-4-17-10-8(13)9(19-20(2,14)15)7(12)6(5-11)18-10/h6-13H,3-5H2,1-2H3,(H,14,15). The topological polar surface area (TPSA) is 135 Å². The highest BCUT2D eigenvalue weighted by atomic mass is 31.2. The number of aliphatic hydroxyl groups excluding tert-OH is 3. The van der Waals surface area contributed by atoms with Gasteiger partial charge >= 0.3 is 7.60 Å². The first-order chi connectivity index (χ1) is 9.30. The fraction of sp³-hybridized carbons (Fsp3) is 1.00. The molecule has 0 spiro atoms. The molecular weight excluding hydrogens is 295 g/mol.